The molecule has 7 nitrogen and oxygen atoms in total. The molecule has 2 aromatic rings. The van der Waals surface area contributed by atoms with E-state index in [9.17, 15) is 26.4 Å². The van der Waals surface area contributed by atoms with Gasteiger partial charge in [-0.2, -0.15) is 18.2 Å². The number of likely N-dealkylation sites (tertiary alicyclic amines) is 1. The van der Waals surface area contributed by atoms with Gasteiger partial charge < -0.3 is 9.64 Å². The zero-order valence-corrected chi connectivity index (χ0v) is 16.2. The summed E-state index contributed by atoms with van der Waals surface area (Å²) in [4.78, 5) is 20.9. The molecule has 1 aromatic heterocycles. The predicted molar refractivity (Wildman–Crippen MR) is 95.9 cm³/mol. The molecule has 1 saturated heterocycles. The quantitative estimate of drug-likeness (QED) is 0.701. The van der Waals surface area contributed by atoms with Crippen LogP contribution in [-0.2, 0) is 16.3 Å². The molecule has 2 heterocycles. The number of benzene rings is 1. The molecular weight excluding hydrogens is 411 g/mol. The second-order valence-corrected chi connectivity index (χ2v) is 8.26. The Labute approximate surface area is 165 Å². The van der Waals surface area contributed by atoms with Crippen LogP contribution in [0.3, 0.4) is 0 Å². The summed E-state index contributed by atoms with van der Waals surface area (Å²) in [5.41, 5.74) is -0.137. The molecule has 1 aromatic carbocycles. The van der Waals surface area contributed by atoms with Crippen molar-refractivity contribution in [2.45, 2.75) is 36.5 Å². The van der Waals surface area contributed by atoms with Crippen molar-refractivity contribution >= 4 is 15.7 Å². The Morgan fingerprint density at radius 3 is 2.72 bits per heavy atom. The molecule has 1 aliphatic rings. The molecule has 0 aliphatic carbocycles. The van der Waals surface area contributed by atoms with Crippen molar-refractivity contribution in [2.75, 3.05) is 13.1 Å². The minimum atomic E-state index is -4.94. The molecule has 0 bridgehead atoms. The molecule has 156 valence electrons. The van der Waals surface area contributed by atoms with Gasteiger partial charge in [-0.15, -0.1) is 0 Å². The number of ether oxygens (including phenoxy) is 1. The van der Waals surface area contributed by atoms with E-state index in [1.54, 1.807) is 6.92 Å². The molecule has 11 heteroatoms. The minimum absolute atomic E-state index is 0.0345. The first-order valence-corrected chi connectivity index (χ1v) is 10.4. The first-order valence-electron chi connectivity index (χ1n) is 8.82. The molecule has 0 saturated carbocycles. The lowest BCUT2D eigenvalue weighted by Gasteiger charge is -2.19. The summed E-state index contributed by atoms with van der Waals surface area (Å²) in [7, 11) is -4.94. The monoisotopic (exact) mass is 429 g/mol. The summed E-state index contributed by atoms with van der Waals surface area (Å²) >= 11 is 0. The number of nitrogens with zero attached hydrogens (tertiary/aromatic N) is 3. The number of alkyl halides is 2. The molecule has 0 N–H and O–H groups in total. The minimum Gasteiger partial charge on any atom is -0.470 e. The van der Waals surface area contributed by atoms with E-state index in [-0.39, 0.29) is 30.2 Å². The Balaban J connectivity index is 1.77. The summed E-state index contributed by atoms with van der Waals surface area (Å²) in [6.45, 7) is 1.96. The Morgan fingerprint density at radius 2 is 2.03 bits per heavy atom. The van der Waals surface area contributed by atoms with Crippen molar-refractivity contribution in [1.82, 2.24) is 14.9 Å². The molecule has 1 atom stereocenters. The van der Waals surface area contributed by atoms with Crippen LogP contribution in [0, 0.1) is 5.82 Å². The standard InChI is InChI=1S/C18H18F3N3O4S/c1-2-13-15(19)16(23-10-22-13)28-11-7-8-24(9-11)17(25)12-5-3-4-6-14(12)29(26,27)18(20)21/h3-6,10-11,18H,2,7-9H2,1H3/t11-/m1/s1. The number of carbonyl (C=O) groups is 1. The maximum atomic E-state index is 14.2. The highest BCUT2D eigenvalue weighted by atomic mass is 32.2. The summed E-state index contributed by atoms with van der Waals surface area (Å²) in [6.07, 6.45) is 1.31. The van der Waals surface area contributed by atoms with Crippen molar-refractivity contribution in [3.63, 3.8) is 0 Å². The Kier molecular flexibility index (Phi) is 6.06. The maximum absolute atomic E-state index is 14.2. The lowest BCUT2D eigenvalue weighted by atomic mass is 10.2. The van der Waals surface area contributed by atoms with Crippen molar-refractivity contribution < 1.29 is 31.1 Å². The van der Waals surface area contributed by atoms with Crippen molar-refractivity contribution in [1.29, 1.82) is 0 Å². The van der Waals surface area contributed by atoms with Crippen LogP contribution < -0.4 is 4.74 Å². The average Bonchev–Trinajstić information content (AvgIpc) is 3.17. The molecule has 1 aliphatic heterocycles. The smallest absolute Gasteiger partial charge is 0.341 e. The van der Waals surface area contributed by atoms with E-state index in [0.29, 0.717) is 12.8 Å². The van der Waals surface area contributed by atoms with Crippen LogP contribution >= 0.6 is 0 Å². The van der Waals surface area contributed by atoms with Gasteiger partial charge in [-0.3, -0.25) is 4.79 Å². The molecule has 0 unspecified atom stereocenters. The van der Waals surface area contributed by atoms with E-state index in [1.165, 1.54) is 29.4 Å². The highest BCUT2D eigenvalue weighted by molar-refractivity contribution is 7.91. The third kappa shape index (κ3) is 4.19. The van der Waals surface area contributed by atoms with E-state index in [1.807, 2.05) is 0 Å². The number of amides is 1. The van der Waals surface area contributed by atoms with Gasteiger partial charge in [0.2, 0.25) is 15.7 Å². The number of sulfone groups is 1. The fourth-order valence-electron chi connectivity index (χ4n) is 3.04. The van der Waals surface area contributed by atoms with E-state index < -0.39 is 38.3 Å². The number of hydrogen-bond acceptors (Lipinski definition) is 6. The van der Waals surface area contributed by atoms with Gasteiger partial charge in [0.15, 0.2) is 0 Å². The van der Waals surface area contributed by atoms with Crippen molar-refractivity contribution in [3.8, 4) is 5.88 Å². The van der Waals surface area contributed by atoms with Gasteiger partial charge in [0.05, 0.1) is 22.7 Å². The van der Waals surface area contributed by atoms with Gasteiger partial charge in [0.25, 0.3) is 11.8 Å². The topological polar surface area (TPSA) is 89.5 Å². The molecule has 0 radical (unpaired) electrons. The molecule has 1 fully saturated rings. The van der Waals surface area contributed by atoms with Gasteiger partial charge in [0, 0.05) is 13.0 Å². The zero-order valence-electron chi connectivity index (χ0n) is 15.4. The Bertz CT molecular complexity index is 1020. The Hall–Kier alpha value is -2.69. The molecule has 3 rings (SSSR count). The van der Waals surface area contributed by atoms with Gasteiger partial charge in [-0.05, 0) is 18.6 Å². The molecule has 29 heavy (non-hydrogen) atoms. The fourth-order valence-corrected chi connectivity index (χ4v) is 3.96. The molecular formula is C18H18F3N3O4S. The van der Waals surface area contributed by atoms with E-state index in [0.717, 1.165) is 6.07 Å². The van der Waals surface area contributed by atoms with Crippen LogP contribution in [-0.4, -0.2) is 54.1 Å². The second kappa shape index (κ2) is 8.36. The van der Waals surface area contributed by atoms with Crippen LogP contribution in [0.1, 0.15) is 29.4 Å². The molecule has 0 spiro atoms. The van der Waals surface area contributed by atoms with E-state index >= 15 is 0 Å². The first kappa shape index (κ1) is 21.0. The second-order valence-electron chi connectivity index (χ2n) is 6.37. The zero-order chi connectivity index (χ0) is 21.2. The third-order valence-corrected chi connectivity index (χ3v) is 5.97. The van der Waals surface area contributed by atoms with Crippen LogP contribution in [0.25, 0.3) is 0 Å². The largest absolute Gasteiger partial charge is 0.470 e. The van der Waals surface area contributed by atoms with Gasteiger partial charge in [-0.25, -0.2) is 13.4 Å². The number of carbonyl (C=O) groups excluding carboxylic acids is 1. The third-order valence-electron chi connectivity index (χ3n) is 4.53. The average molecular weight is 429 g/mol. The van der Waals surface area contributed by atoms with Crippen LogP contribution in [0.15, 0.2) is 35.5 Å². The number of aryl methyl sites for hydroxylation is 1. The van der Waals surface area contributed by atoms with Crippen LogP contribution in [0.4, 0.5) is 13.2 Å². The number of rotatable bonds is 6. The first-order chi connectivity index (χ1) is 13.8. The SMILES string of the molecule is CCc1ncnc(O[C@@H]2CCN(C(=O)c3ccccc3S(=O)(=O)C(F)F)C2)c1F. The Morgan fingerprint density at radius 1 is 1.31 bits per heavy atom. The summed E-state index contributed by atoms with van der Waals surface area (Å²) in [5, 5.41) is 0. The number of aromatic nitrogens is 2. The fraction of sp³-hybridized carbons (Fsp3) is 0.389. The van der Waals surface area contributed by atoms with Crippen LogP contribution in [0.5, 0.6) is 5.88 Å². The molecule has 1 amide bonds. The van der Waals surface area contributed by atoms with Gasteiger partial charge in [0.1, 0.15) is 12.4 Å². The predicted octanol–water partition coefficient (Wildman–Crippen LogP) is 2.47. The van der Waals surface area contributed by atoms with Crippen molar-refractivity contribution in [3.05, 3.63) is 47.7 Å². The normalized spacial score (nSPS) is 17.0. The highest BCUT2D eigenvalue weighted by Crippen LogP contribution is 2.26. The highest BCUT2D eigenvalue weighted by Gasteiger charge is 2.35. The number of hydrogen-bond donors (Lipinski definition) is 0. The van der Waals surface area contributed by atoms with Crippen LogP contribution in [0.2, 0.25) is 0 Å². The maximum Gasteiger partial charge on any atom is 0.341 e. The lowest BCUT2D eigenvalue weighted by molar-refractivity contribution is 0.0766. The van der Waals surface area contributed by atoms with E-state index in [4.69, 9.17) is 4.74 Å². The summed E-state index contributed by atoms with van der Waals surface area (Å²) in [5.74, 6) is -5.25. The summed E-state index contributed by atoms with van der Waals surface area (Å²) in [6, 6.07) is 4.82. The summed E-state index contributed by atoms with van der Waals surface area (Å²) < 4.78 is 69.4. The van der Waals surface area contributed by atoms with Crippen molar-refractivity contribution in [2.24, 2.45) is 0 Å². The van der Waals surface area contributed by atoms with E-state index in [2.05, 4.69) is 9.97 Å². The van der Waals surface area contributed by atoms with Gasteiger partial charge >= 0.3 is 5.76 Å². The lowest BCUT2D eigenvalue weighted by Crippen LogP contribution is -2.32. The van der Waals surface area contributed by atoms with Gasteiger partial charge in [-0.1, -0.05) is 19.1 Å². The number of halogens is 3.